The van der Waals surface area contributed by atoms with Crippen LogP contribution < -0.4 is 21.5 Å². The van der Waals surface area contributed by atoms with Crippen LogP contribution in [0.15, 0.2) is 33.9 Å². The second-order valence-electron chi connectivity index (χ2n) is 8.42. The molecule has 2 saturated heterocycles. The van der Waals surface area contributed by atoms with Gasteiger partial charge in [-0.25, -0.2) is 9.59 Å². The number of para-hydroxylation sites is 1. The van der Waals surface area contributed by atoms with Gasteiger partial charge in [-0.05, 0) is 25.0 Å². The summed E-state index contributed by atoms with van der Waals surface area (Å²) in [6.07, 6.45) is -3.31. The second-order valence-corrected chi connectivity index (χ2v) is 8.82. The highest BCUT2D eigenvalue weighted by atomic mass is 35.5. The maximum absolute atomic E-state index is 13.0. The van der Waals surface area contributed by atoms with Gasteiger partial charge in [-0.3, -0.25) is 18.9 Å². The number of aliphatic carboxylic acids is 1. The zero-order valence-corrected chi connectivity index (χ0v) is 20.2. The predicted octanol–water partition coefficient (Wildman–Crippen LogP) is 1.75. The molecule has 1 aromatic carbocycles. The Morgan fingerprint density at radius 3 is 2.49 bits per heavy atom. The van der Waals surface area contributed by atoms with Crippen LogP contribution in [0.1, 0.15) is 12.8 Å². The van der Waals surface area contributed by atoms with Crippen molar-refractivity contribution in [2.24, 2.45) is 0 Å². The lowest BCUT2D eigenvalue weighted by Gasteiger charge is -2.28. The molecule has 4 heterocycles. The Balaban J connectivity index is 0.000000405. The summed E-state index contributed by atoms with van der Waals surface area (Å²) in [4.78, 5) is 43.9. The molecule has 2 aliphatic rings. The smallest absolute Gasteiger partial charge is 0.475 e. The summed E-state index contributed by atoms with van der Waals surface area (Å²) in [5.74, 6) is -2.15. The van der Waals surface area contributed by atoms with Crippen molar-refractivity contribution in [3.63, 3.8) is 0 Å². The number of alkyl halides is 3. The standard InChI is InChI=1S/C20H23ClN6O3.C2HF3O2/c21-14-5-1-2-6-15(14)27-16-17(23-19(27)25-9-7-22-8-10-25)26(20(29)24-18(16)28)12-13-4-3-11-30-13;3-2(4,5)1(6)7/h1-2,5-6,13,22H,3-4,7-12H2,(H,24,28,29);(H,6,7). The number of aromatic amines is 1. The summed E-state index contributed by atoms with van der Waals surface area (Å²) in [7, 11) is 0. The number of aromatic nitrogens is 4. The molecule has 200 valence electrons. The molecule has 0 radical (unpaired) electrons. The van der Waals surface area contributed by atoms with E-state index >= 15 is 0 Å². The molecule has 11 nitrogen and oxygen atoms in total. The normalized spacial score (nSPS) is 18.1. The van der Waals surface area contributed by atoms with E-state index in [2.05, 4.69) is 15.2 Å². The number of imidazole rings is 1. The number of nitrogens with zero attached hydrogens (tertiary/aromatic N) is 4. The minimum atomic E-state index is -5.08. The van der Waals surface area contributed by atoms with Crippen molar-refractivity contribution >= 4 is 34.7 Å². The zero-order chi connectivity index (χ0) is 26.7. The molecule has 5 rings (SSSR count). The van der Waals surface area contributed by atoms with E-state index in [4.69, 9.17) is 31.2 Å². The number of benzene rings is 1. The molecule has 15 heteroatoms. The monoisotopic (exact) mass is 544 g/mol. The lowest BCUT2D eigenvalue weighted by Crippen LogP contribution is -2.44. The molecule has 1 atom stereocenters. The van der Waals surface area contributed by atoms with Crippen LogP contribution >= 0.6 is 11.6 Å². The second kappa shape index (κ2) is 10.9. The average molecular weight is 545 g/mol. The summed E-state index contributed by atoms with van der Waals surface area (Å²) in [6.45, 7) is 4.14. The van der Waals surface area contributed by atoms with Crippen LogP contribution in [0.4, 0.5) is 19.1 Å². The number of nitrogens with one attached hydrogen (secondary N) is 2. The first-order chi connectivity index (χ1) is 17.6. The molecule has 0 spiro atoms. The highest BCUT2D eigenvalue weighted by Crippen LogP contribution is 2.29. The lowest BCUT2D eigenvalue weighted by molar-refractivity contribution is -0.192. The molecule has 2 aromatic heterocycles. The lowest BCUT2D eigenvalue weighted by atomic mass is 10.2. The molecular formula is C22H24ClF3N6O5. The van der Waals surface area contributed by atoms with E-state index in [0.717, 1.165) is 39.0 Å². The highest BCUT2D eigenvalue weighted by molar-refractivity contribution is 6.32. The van der Waals surface area contributed by atoms with Crippen LogP contribution in [-0.4, -0.2) is 75.2 Å². The maximum atomic E-state index is 13.0. The van der Waals surface area contributed by atoms with Crippen LogP contribution in [0.5, 0.6) is 0 Å². The number of hydrogen-bond donors (Lipinski definition) is 3. The van der Waals surface area contributed by atoms with E-state index in [9.17, 15) is 22.8 Å². The minimum Gasteiger partial charge on any atom is -0.475 e. The Morgan fingerprint density at radius 1 is 1.22 bits per heavy atom. The summed E-state index contributed by atoms with van der Waals surface area (Å²) in [5, 5.41) is 11.0. The van der Waals surface area contributed by atoms with Crippen molar-refractivity contribution < 1.29 is 27.8 Å². The van der Waals surface area contributed by atoms with Crippen LogP contribution in [0.25, 0.3) is 16.9 Å². The Morgan fingerprint density at radius 2 is 1.89 bits per heavy atom. The third-order valence-electron chi connectivity index (χ3n) is 5.92. The van der Waals surface area contributed by atoms with Gasteiger partial charge in [0.2, 0.25) is 5.95 Å². The molecule has 37 heavy (non-hydrogen) atoms. The fourth-order valence-electron chi connectivity index (χ4n) is 4.21. The van der Waals surface area contributed by atoms with Gasteiger partial charge in [0.15, 0.2) is 11.2 Å². The van der Waals surface area contributed by atoms with E-state index in [0.29, 0.717) is 41.0 Å². The highest BCUT2D eigenvalue weighted by Gasteiger charge is 2.38. The predicted molar refractivity (Wildman–Crippen MR) is 129 cm³/mol. The van der Waals surface area contributed by atoms with Gasteiger partial charge in [0.05, 0.1) is 23.4 Å². The Bertz CT molecular complexity index is 1390. The van der Waals surface area contributed by atoms with E-state index in [1.165, 1.54) is 4.57 Å². The van der Waals surface area contributed by atoms with Gasteiger partial charge in [-0.15, -0.1) is 0 Å². The first-order valence-electron chi connectivity index (χ1n) is 11.5. The van der Waals surface area contributed by atoms with Crippen LogP contribution in [0, 0.1) is 0 Å². The Kier molecular flexibility index (Phi) is 7.90. The molecule has 3 aromatic rings. The maximum Gasteiger partial charge on any atom is 0.490 e. The van der Waals surface area contributed by atoms with E-state index in [1.54, 1.807) is 10.6 Å². The van der Waals surface area contributed by atoms with Crippen molar-refractivity contribution in [3.8, 4) is 5.69 Å². The fraction of sp³-hybridized carbons (Fsp3) is 0.455. The van der Waals surface area contributed by atoms with Crippen LogP contribution in [0.3, 0.4) is 0 Å². The van der Waals surface area contributed by atoms with Crippen molar-refractivity contribution in [2.75, 3.05) is 37.7 Å². The third-order valence-corrected chi connectivity index (χ3v) is 6.24. The van der Waals surface area contributed by atoms with Gasteiger partial charge in [-0.2, -0.15) is 18.2 Å². The number of halogens is 4. The van der Waals surface area contributed by atoms with Crippen molar-refractivity contribution in [1.29, 1.82) is 0 Å². The average Bonchev–Trinajstić information content (AvgIpc) is 3.51. The first kappa shape index (κ1) is 26.7. The summed E-state index contributed by atoms with van der Waals surface area (Å²) >= 11 is 6.51. The molecule has 0 saturated carbocycles. The van der Waals surface area contributed by atoms with Crippen LogP contribution in [0.2, 0.25) is 5.02 Å². The number of piperazine rings is 1. The topological polar surface area (TPSA) is 134 Å². The zero-order valence-electron chi connectivity index (χ0n) is 19.4. The van der Waals surface area contributed by atoms with Gasteiger partial charge in [0, 0.05) is 32.8 Å². The minimum absolute atomic E-state index is 0.0649. The molecule has 1 unspecified atom stereocenters. The molecule has 0 aliphatic carbocycles. The SMILES string of the molecule is O=C(O)C(F)(F)F.O=c1[nH]c(=O)n(CC2CCCO2)c2nc(N3CCNCC3)n(-c3ccccc3Cl)c12. The fourth-order valence-corrected chi connectivity index (χ4v) is 4.43. The molecular weight excluding hydrogens is 521 g/mol. The largest absolute Gasteiger partial charge is 0.490 e. The van der Waals surface area contributed by atoms with Gasteiger partial charge in [-0.1, -0.05) is 23.7 Å². The summed E-state index contributed by atoms with van der Waals surface area (Å²) < 4.78 is 40.7. The summed E-state index contributed by atoms with van der Waals surface area (Å²) in [5.41, 5.74) is 0.371. The van der Waals surface area contributed by atoms with Crippen molar-refractivity contribution in [3.05, 3.63) is 50.1 Å². The first-order valence-corrected chi connectivity index (χ1v) is 11.8. The number of carboxylic acid groups (broad SMARTS) is 1. The number of fused-ring (bicyclic) bond motifs is 1. The quantitative estimate of drug-likeness (QED) is 0.452. The number of carboxylic acids is 1. The number of carbonyl (C=O) groups is 1. The number of hydrogen-bond acceptors (Lipinski definition) is 7. The van der Waals surface area contributed by atoms with Crippen LogP contribution in [-0.2, 0) is 16.1 Å². The van der Waals surface area contributed by atoms with E-state index in [1.807, 2.05) is 18.2 Å². The van der Waals surface area contributed by atoms with Gasteiger partial charge >= 0.3 is 17.8 Å². The Hall–Kier alpha value is -3.36. The van der Waals surface area contributed by atoms with Gasteiger partial charge in [0.1, 0.15) is 0 Å². The number of H-pyrrole nitrogens is 1. The summed E-state index contributed by atoms with van der Waals surface area (Å²) in [6, 6.07) is 7.34. The third kappa shape index (κ3) is 5.81. The van der Waals surface area contributed by atoms with E-state index < -0.39 is 23.4 Å². The van der Waals surface area contributed by atoms with Gasteiger partial charge < -0.3 is 20.1 Å². The molecule has 2 fully saturated rings. The number of ether oxygens (including phenoxy) is 1. The molecule has 3 N–H and O–H groups in total. The van der Waals surface area contributed by atoms with E-state index in [-0.39, 0.29) is 6.10 Å². The molecule has 0 amide bonds. The Labute approximate surface area is 212 Å². The number of anilines is 1. The number of rotatable bonds is 4. The molecule has 0 bridgehead atoms. The van der Waals surface area contributed by atoms with Crippen molar-refractivity contribution in [1.82, 2.24) is 24.4 Å². The molecule has 2 aliphatic heterocycles. The van der Waals surface area contributed by atoms with Gasteiger partial charge in [0.25, 0.3) is 5.56 Å². The van der Waals surface area contributed by atoms with Crippen molar-refractivity contribution in [2.45, 2.75) is 31.7 Å².